The molecule has 0 aliphatic rings. The molecule has 0 spiro atoms. The molecule has 0 aliphatic heterocycles. The van der Waals surface area contributed by atoms with Gasteiger partial charge in [0, 0.05) is 6.92 Å². The summed E-state index contributed by atoms with van der Waals surface area (Å²) < 4.78 is 17.9. The number of carbonyl (C=O) groups is 2. The molecular formula is C13H16FNO3. The number of hydrogen-bond donors (Lipinski definition) is 1. The molecule has 1 atom stereocenters. The predicted octanol–water partition coefficient (Wildman–Crippen LogP) is 1.96. The first-order valence-corrected chi connectivity index (χ1v) is 5.71. The third-order valence-corrected chi connectivity index (χ3v) is 2.30. The lowest BCUT2D eigenvalue weighted by Crippen LogP contribution is -2.28. The van der Waals surface area contributed by atoms with E-state index < -0.39 is 17.8 Å². The quantitative estimate of drug-likeness (QED) is 0.816. The summed E-state index contributed by atoms with van der Waals surface area (Å²) in [4.78, 5) is 22.5. The average Bonchev–Trinajstić information content (AvgIpc) is 2.28. The van der Waals surface area contributed by atoms with Crippen molar-refractivity contribution in [2.75, 3.05) is 6.61 Å². The molecule has 0 aliphatic carbocycles. The molecular weight excluding hydrogens is 237 g/mol. The summed E-state index contributed by atoms with van der Waals surface area (Å²) in [5, 5.41) is 2.61. The Kier molecular flexibility index (Phi) is 5.30. The minimum atomic E-state index is -0.572. The normalized spacial score (nSPS) is 11.7. The van der Waals surface area contributed by atoms with E-state index in [9.17, 15) is 14.0 Å². The van der Waals surface area contributed by atoms with Gasteiger partial charge >= 0.3 is 5.97 Å². The van der Waals surface area contributed by atoms with E-state index in [0.29, 0.717) is 5.56 Å². The van der Waals surface area contributed by atoms with E-state index in [4.69, 9.17) is 4.74 Å². The summed E-state index contributed by atoms with van der Waals surface area (Å²) in [6.45, 7) is 3.32. The summed E-state index contributed by atoms with van der Waals surface area (Å²) in [6, 6.07) is 5.21. The van der Waals surface area contributed by atoms with E-state index in [1.54, 1.807) is 13.0 Å². The van der Waals surface area contributed by atoms with E-state index in [0.717, 1.165) is 0 Å². The lowest BCUT2D eigenvalue weighted by Gasteiger charge is -2.17. The first kappa shape index (κ1) is 14.2. The fourth-order valence-electron chi connectivity index (χ4n) is 1.61. The van der Waals surface area contributed by atoms with Gasteiger partial charge < -0.3 is 10.1 Å². The van der Waals surface area contributed by atoms with Crippen LogP contribution in [0.25, 0.3) is 0 Å². The maximum Gasteiger partial charge on any atom is 0.308 e. The van der Waals surface area contributed by atoms with Crippen molar-refractivity contribution in [3.63, 3.8) is 0 Å². The predicted molar refractivity (Wildman–Crippen MR) is 64.2 cm³/mol. The highest BCUT2D eigenvalue weighted by molar-refractivity contribution is 5.76. The third kappa shape index (κ3) is 4.53. The van der Waals surface area contributed by atoms with Gasteiger partial charge in [-0.2, -0.15) is 0 Å². The molecule has 18 heavy (non-hydrogen) atoms. The minimum absolute atomic E-state index is 0.0170. The van der Waals surface area contributed by atoms with Crippen molar-refractivity contribution < 1.29 is 18.7 Å². The number of halogens is 1. The van der Waals surface area contributed by atoms with Gasteiger partial charge in [0.2, 0.25) is 5.91 Å². The highest BCUT2D eigenvalue weighted by atomic mass is 19.1. The number of benzene rings is 1. The molecule has 0 heterocycles. The van der Waals surface area contributed by atoms with Gasteiger partial charge in [-0.15, -0.1) is 0 Å². The smallest absolute Gasteiger partial charge is 0.308 e. The van der Waals surface area contributed by atoms with Gasteiger partial charge in [0.1, 0.15) is 5.82 Å². The minimum Gasteiger partial charge on any atom is -0.466 e. The number of ether oxygens (including phenoxy) is 1. The summed E-state index contributed by atoms with van der Waals surface area (Å²) in [7, 11) is 0. The van der Waals surface area contributed by atoms with E-state index >= 15 is 0 Å². The molecule has 5 heteroatoms. The number of amides is 1. The summed E-state index contributed by atoms with van der Waals surface area (Å²) in [5.74, 6) is -1.12. The largest absolute Gasteiger partial charge is 0.466 e. The second-order valence-electron chi connectivity index (χ2n) is 3.82. The zero-order chi connectivity index (χ0) is 13.5. The van der Waals surface area contributed by atoms with Gasteiger partial charge in [-0.05, 0) is 24.6 Å². The van der Waals surface area contributed by atoms with Crippen molar-refractivity contribution in [3.8, 4) is 0 Å². The molecule has 1 aromatic carbocycles. The van der Waals surface area contributed by atoms with Crippen LogP contribution in [0, 0.1) is 5.82 Å². The second kappa shape index (κ2) is 6.74. The van der Waals surface area contributed by atoms with Crippen LogP contribution in [0.2, 0.25) is 0 Å². The van der Waals surface area contributed by atoms with Crippen molar-refractivity contribution in [1.82, 2.24) is 5.32 Å². The molecule has 98 valence electrons. The monoisotopic (exact) mass is 253 g/mol. The molecule has 0 bridgehead atoms. The van der Waals surface area contributed by atoms with Crippen LogP contribution in [-0.2, 0) is 14.3 Å². The van der Waals surface area contributed by atoms with Gasteiger partial charge in [0.25, 0.3) is 0 Å². The molecule has 1 N–H and O–H groups in total. The molecule has 0 saturated carbocycles. The summed E-state index contributed by atoms with van der Waals surface area (Å²) >= 11 is 0. The van der Waals surface area contributed by atoms with Crippen molar-refractivity contribution in [3.05, 3.63) is 35.6 Å². The number of carbonyl (C=O) groups excluding carboxylic acids is 2. The molecule has 1 aromatic rings. The van der Waals surface area contributed by atoms with Crippen LogP contribution in [0.4, 0.5) is 4.39 Å². The standard InChI is InChI=1S/C13H16FNO3/c1-3-18-13(17)8-12(15-9(2)16)10-5-4-6-11(14)7-10/h4-7,12H,3,8H2,1-2H3,(H,15,16). The van der Waals surface area contributed by atoms with E-state index in [2.05, 4.69) is 5.32 Å². The average molecular weight is 253 g/mol. The Morgan fingerprint density at radius 3 is 2.72 bits per heavy atom. The summed E-state index contributed by atoms with van der Waals surface area (Å²) in [5.41, 5.74) is 0.540. The van der Waals surface area contributed by atoms with Crippen LogP contribution in [0.3, 0.4) is 0 Å². The topological polar surface area (TPSA) is 55.4 Å². The molecule has 0 radical (unpaired) electrons. The van der Waals surface area contributed by atoms with Crippen molar-refractivity contribution in [2.45, 2.75) is 26.3 Å². The van der Waals surface area contributed by atoms with Gasteiger partial charge in [0.15, 0.2) is 0 Å². The zero-order valence-corrected chi connectivity index (χ0v) is 10.4. The molecule has 0 saturated heterocycles. The highest BCUT2D eigenvalue weighted by Crippen LogP contribution is 2.18. The number of hydrogen-bond acceptors (Lipinski definition) is 3. The maximum absolute atomic E-state index is 13.1. The first-order chi connectivity index (χ1) is 8.52. The van der Waals surface area contributed by atoms with Crippen molar-refractivity contribution in [2.24, 2.45) is 0 Å². The van der Waals surface area contributed by atoms with Crippen LogP contribution in [0.1, 0.15) is 31.9 Å². The Labute approximate surface area is 105 Å². The Bertz CT molecular complexity index is 434. The van der Waals surface area contributed by atoms with Crippen LogP contribution in [0.5, 0.6) is 0 Å². The Morgan fingerprint density at radius 1 is 1.44 bits per heavy atom. The Morgan fingerprint density at radius 2 is 2.17 bits per heavy atom. The zero-order valence-electron chi connectivity index (χ0n) is 10.4. The fraction of sp³-hybridized carbons (Fsp3) is 0.385. The fourth-order valence-corrected chi connectivity index (χ4v) is 1.61. The molecule has 1 amide bonds. The van der Waals surface area contributed by atoms with Gasteiger partial charge in [-0.3, -0.25) is 9.59 Å². The van der Waals surface area contributed by atoms with E-state index in [-0.39, 0.29) is 18.9 Å². The molecule has 1 rings (SSSR count). The van der Waals surface area contributed by atoms with Crippen molar-refractivity contribution >= 4 is 11.9 Å². The second-order valence-corrected chi connectivity index (χ2v) is 3.82. The van der Waals surface area contributed by atoms with Crippen LogP contribution in [0.15, 0.2) is 24.3 Å². The number of nitrogens with one attached hydrogen (secondary N) is 1. The Balaban J connectivity index is 2.84. The lowest BCUT2D eigenvalue weighted by molar-refractivity contribution is -0.143. The molecule has 1 unspecified atom stereocenters. The SMILES string of the molecule is CCOC(=O)CC(NC(C)=O)c1cccc(F)c1. The van der Waals surface area contributed by atoms with E-state index in [1.807, 2.05) is 0 Å². The van der Waals surface area contributed by atoms with E-state index in [1.165, 1.54) is 25.1 Å². The number of esters is 1. The third-order valence-electron chi connectivity index (χ3n) is 2.30. The first-order valence-electron chi connectivity index (χ1n) is 5.71. The van der Waals surface area contributed by atoms with Gasteiger partial charge in [0.05, 0.1) is 19.1 Å². The highest BCUT2D eigenvalue weighted by Gasteiger charge is 2.18. The lowest BCUT2D eigenvalue weighted by atomic mass is 10.0. The molecule has 0 fully saturated rings. The molecule has 4 nitrogen and oxygen atoms in total. The Hall–Kier alpha value is -1.91. The maximum atomic E-state index is 13.1. The van der Waals surface area contributed by atoms with Gasteiger partial charge in [-0.25, -0.2) is 4.39 Å². The van der Waals surface area contributed by atoms with Crippen LogP contribution in [-0.4, -0.2) is 18.5 Å². The number of rotatable bonds is 5. The summed E-state index contributed by atoms with van der Waals surface area (Å²) in [6.07, 6.45) is -0.0170. The van der Waals surface area contributed by atoms with Crippen LogP contribution < -0.4 is 5.32 Å². The van der Waals surface area contributed by atoms with Crippen molar-refractivity contribution in [1.29, 1.82) is 0 Å². The van der Waals surface area contributed by atoms with Crippen LogP contribution >= 0.6 is 0 Å². The van der Waals surface area contributed by atoms with Gasteiger partial charge in [-0.1, -0.05) is 12.1 Å². The molecule has 0 aromatic heterocycles.